The van der Waals surface area contributed by atoms with Crippen LogP contribution in [0.2, 0.25) is 0 Å². The van der Waals surface area contributed by atoms with Crippen LogP contribution in [-0.4, -0.2) is 35.1 Å². The number of carbonyl (C=O) groups excluding carboxylic acids is 1. The lowest BCUT2D eigenvalue weighted by atomic mass is 10.2. The Balaban J connectivity index is 2.23. The van der Waals surface area contributed by atoms with E-state index in [1.807, 2.05) is 13.8 Å². The summed E-state index contributed by atoms with van der Waals surface area (Å²) < 4.78 is 0. The number of nitrogens with zero attached hydrogens (tertiary/aromatic N) is 1. The van der Waals surface area contributed by atoms with Crippen molar-refractivity contribution in [3.05, 3.63) is 11.1 Å². The summed E-state index contributed by atoms with van der Waals surface area (Å²) in [5.41, 5.74) is 0.532. The molecule has 1 rings (SSSR count). The number of nitrogens with one attached hydrogen (secondary N) is 2. The highest BCUT2D eigenvalue weighted by atomic mass is 32.1. The van der Waals surface area contributed by atoms with Gasteiger partial charge in [0.25, 0.3) is 0 Å². The van der Waals surface area contributed by atoms with Gasteiger partial charge in [0.05, 0.1) is 12.1 Å². The van der Waals surface area contributed by atoms with Gasteiger partial charge in [0.2, 0.25) is 5.91 Å². The summed E-state index contributed by atoms with van der Waals surface area (Å²) in [7, 11) is 0. The molecule has 6 nitrogen and oxygen atoms in total. The second-order valence-corrected chi connectivity index (χ2v) is 5.45. The monoisotopic (exact) mass is 285 g/mol. The third-order valence-corrected chi connectivity index (χ3v) is 3.07. The van der Waals surface area contributed by atoms with Gasteiger partial charge in [-0.2, -0.15) is 0 Å². The number of anilines is 1. The molecule has 0 radical (unpaired) electrons. The van der Waals surface area contributed by atoms with Crippen molar-refractivity contribution in [2.45, 2.75) is 26.7 Å². The van der Waals surface area contributed by atoms with Crippen LogP contribution in [0.1, 0.15) is 26.0 Å². The fraction of sp³-hybridized carbons (Fsp3) is 0.583. The van der Waals surface area contributed by atoms with Crippen LogP contribution >= 0.6 is 11.3 Å². The smallest absolute Gasteiger partial charge is 0.309 e. The average molecular weight is 285 g/mol. The van der Waals surface area contributed by atoms with Gasteiger partial charge in [0, 0.05) is 24.9 Å². The molecule has 0 atom stereocenters. The number of aromatic nitrogens is 1. The molecule has 0 saturated heterocycles. The molecule has 0 aromatic carbocycles. The molecular weight excluding hydrogens is 266 g/mol. The van der Waals surface area contributed by atoms with Crippen LogP contribution in [-0.2, 0) is 16.0 Å². The number of carbonyl (C=O) groups is 2. The van der Waals surface area contributed by atoms with E-state index in [2.05, 4.69) is 15.6 Å². The maximum atomic E-state index is 11.4. The number of carboxylic acid groups (broad SMARTS) is 1. The van der Waals surface area contributed by atoms with Crippen LogP contribution in [0.25, 0.3) is 0 Å². The molecule has 0 aliphatic rings. The van der Waals surface area contributed by atoms with Crippen molar-refractivity contribution in [1.29, 1.82) is 0 Å². The molecule has 0 fully saturated rings. The minimum absolute atomic E-state index is 0.00326. The SMILES string of the molecule is CC(C)CNC(=O)CCNc1nc(CC(=O)O)cs1. The number of thiazole rings is 1. The molecule has 1 heterocycles. The molecule has 0 aliphatic heterocycles. The summed E-state index contributed by atoms with van der Waals surface area (Å²) in [5, 5.41) is 16.8. The van der Waals surface area contributed by atoms with Crippen molar-refractivity contribution >= 4 is 28.3 Å². The van der Waals surface area contributed by atoms with Crippen molar-refractivity contribution in [2.24, 2.45) is 5.92 Å². The molecule has 0 unspecified atom stereocenters. The lowest BCUT2D eigenvalue weighted by Gasteiger charge is -2.07. The Morgan fingerprint density at radius 2 is 2.21 bits per heavy atom. The third-order valence-electron chi connectivity index (χ3n) is 2.22. The Labute approximate surface area is 116 Å². The molecule has 1 amide bonds. The molecular formula is C12H19N3O3S. The normalized spacial score (nSPS) is 10.5. The predicted octanol–water partition coefficient (Wildman–Crippen LogP) is 1.34. The van der Waals surface area contributed by atoms with E-state index >= 15 is 0 Å². The van der Waals surface area contributed by atoms with E-state index in [1.54, 1.807) is 5.38 Å². The molecule has 106 valence electrons. The van der Waals surface area contributed by atoms with Crippen molar-refractivity contribution in [2.75, 3.05) is 18.4 Å². The van der Waals surface area contributed by atoms with E-state index in [4.69, 9.17) is 5.11 Å². The molecule has 0 bridgehead atoms. The van der Waals surface area contributed by atoms with Crippen LogP contribution in [0.3, 0.4) is 0 Å². The average Bonchev–Trinajstić information content (AvgIpc) is 2.73. The number of amides is 1. The molecule has 0 saturated carbocycles. The van der Waals surface area contributed by atoms with Crippen LogP contribution in [0.5, 0.6) is 0 Å². The van der Waals surface area contributed by atoms with Gasteiger partial charge < -0.3 is 15.7 Å². The number of carboxylic acids is 1. The number of aliphatic carboxylic acids is 1. The van der Waals surface area contributed by atoms with E-state index in [-0.39, 0.29) is 12.3 Å². The molecule has 7 heteroatoms. The summed E-state index contributed by atoms with van der Waals surface area (Å²) in [6, 6.07) is 0. The van der Waals surface area contributed by atoms with Crippen molar-refractivity contribution in [1.82, 2.24) is 10.3 Å². The van der Waals surface area contributed by atoms with E-state index in [0.717, 1.165) is 0 Å². The van der Waals surface area contributed by atoms with Gasteiger partial charge >= 0.3 is 5.97 Å². The van der Waals surface area contributed by atoms with Gasteiger partial charge in [-0.1, -0.05) is 13.8 Å². The molecule has 19 heavy (non-hydrogen) atoms. The topological polar surface area (TPSA) is 91.3 Å². The summed E-state index contributed by atoms with van der Waals surface area (Å²) in [6.07, 6.45) is 0.299. The number of hydrogen-bond donors (Lipinski definition) is 3. The van der Waals surface area contributed by atoms with E-state index in [9.17, 15) is 9.59 Å². The van der Waals surface area contributed by atoms with Gasteiger partial charge in [0.15, 0.2) is 5.13 Å². The quantitative estimate of drug-likeness (QED) is 0.670. The fourth-order valence-corrected chi connectivity index (χ4v) is 2.05. The van der Waals surface area contributed by atoms with E-state index in [1.165, 1.54) is 11.3 Å². The molecule has 3 N–H and O–H groups in total. The van der Waals surface area contributed by atoms with Crippen LogP contribution < -0.4 is 10.6 Å². The van der Waals surface area contributed by atoms with E-state index < -0.39 is 5.97 Å². The second kappa shape index (κ2) is 7.73. The Kier molecular flexibility index (Phi) is 6.27. The number of hydrogen-bond acceptors (Lipinski definition) is 5. The highest BCUT2D eigenvalue weighted by molar-refractivity contribution is 7.13. The van der Waals surface area contributed by atoms with Gasteiger partial charge in [-0.3, -0.25) is 9.59 Å². The van der Waals surface area contributed by atoms with Crippen LogP contribution in [0.15, 0.2) is 5.38 Å². The zero-order valence-electron chi connectivity index (χ0n) is 11.1. The summed E-state index contributed by atoms with van der Waals surface area (Å²) in [6.45, 7) is 5.25. The summed E-state index contributed by atoms with van der Waals surface area (Å²) in [5.74, 6) is -0.456. The fourth-order valence-electron chi connectivity index (χ4n) is 1.31. The first-order valence-electron chi connectivity index (χ1n) is 6.14. The zero-order valence-corrected chi connectivity index (χ0v) is 11.9. The molecule has 1 aromatic heterocycles. The van der Waals surface area contributed by atoms with Crippen molar-refractivity contribution in [3.8, 4) is 0 Å². The predicted molar refractivity (Wildman–Crippen MR) is 74.4 cm³/mol. The minimum atomic E-state index is -0.898. The highest BCUT2D eigenvalue weighted by Crippen LogP contribution is 2.15. The van der Waals surface area contributed by atoms with Gasteiger partial charge in [-0.25, -0.2) is 4.98 Å². The van der Waals surface area contributed by atoms with E-state index in [0.29, 0.717) is 36.3 Å². The Hall–Kier alpha value is -1.63. The third kappa shape index (κ3) is 6.76. The summed E-state index contributed by atoms with van der Waals surface area (Å²) in [4.78, 5) is 26.1. The summed E-state index contributed by atoms with van der Waals surface area (Å²) >= 11 is 1.34. The maximum absolute atomic E-state index is 11.4. The standard InChI is InChI=1S/C12H19N3O3S/c1-8(2)6-14-10(16)3-4-13-12-15-9(7-19-12)5-11(17)18/h7-8H,3-6H2,1-2H3,(H,13,15)(H,14,16)(H,17,18). The van der Waals surface area contributed by atoms with Crippen molar-refractivity contribution in [3.63, 3.8) is 0 Å². The van der Waals surface area contributed by atoms with Gasteiger partial charge in [-0.05, 0) is 5.92 Å². The largest absolute Gasteiger partial charge is 0.481 e. The van der Waals surface area contributed by atoms with Crippen molar-refractivity contribution < 1.29 is 14.7 Å². The number of rotatable bonds is 8. The first kappa shape index (κ1) is 15.4. The Morgan fingerprint density at radius 3 is 2.84 bits per heavy atom. The van der Waals surface area contributed by atoms with Gasteiger partial charge in [0.1, 0.15) is 0 Å². The highest BCUT2D eigenvalue weighted by Gasteiger charge is 2.06. The molecule has 1 aromatic rings. The second-order valence-electron chi connectivity index (χ2n) is 4.59. The van der Waals surface area contributed by atoms with Gasteiger partial charge in [-0.15, -0.1) is 11.3 Å². The lowest BCUT2D eigenvalue weighted by molar-refractivity contribution is -0.136. The molecule has 0 spiro atoms. The van der Waals surface area contributed by atoms with Crippen LogP contribution in [0, 0.1) is 5.92 Å². The molecule has 0 aliphatic carbocycles. The lowest BCUT2D eigenvalue weighted by Crippen LogP contribution is -2.28. The Morgan fingerprint density at radius 1 is 1.47 bits per heavy atom. The Bertz CT molecular complexity index is 432. The van der Waals surface area contributed by atoms with Crippen LogP contribution in [0.4, 0.5) is 5.13 Å². The zero-order chi connectivity index (χ0) is 14.3. The first-order chi connectivity index (χ1) is 8.97. The minimum Gasteiger partial charge on any atom is -0.481 e. The maximum Gasteiger partial charge on any atom is 0.309 e. The first-order valence-corrected chi connectivity index (χ1v) is 7.02.